The van der Waals surface area contributed by atoms with Crippen LogP contribution in [0.3, 0.4) is 0 Å². The Kier molecular flexibility index (Phi) is 13.3. The lowest BCUT2D eigenvalue weighted by atomic mass is 9.76. The van der Waals surface area contributed by atoms with Crippen molar-refractivity contribution in [2.75, 3.05) is 14.1 Å². The van der Waals surface area contributed by atoms with Gasteiger partial charge in [-0.1, -0.05) is 49.8 Å². The Morgan fingerprint density at radius 1 is 1.30 bits per heavy atom. The zero-order chi connectivity index (χ0) is 18.5. The average Bonchev–Trinajstić information content (AvgIpc) is 2.55. The zero-order valence-corrected chi connectivity index (χ0v) is 16.1. The van der Waals surface area contributed by atoms with Gasteiger partial charge in [-0.2, -0.15) is 0 Å². The van der Waals surface area contributed by atoms with E-state index < -0.39 is 0 Å². The smallest absolute Gasteiger partial charge is 0.314 e. The topological polar surface area (TPSA) is 67.2 Å². The van der Waals surface area contributed by atoms with Gasteiger partial charge in [0.1, 0.15) is 0 Å². The van der Waals surface area contributed by atoms with Crippen LogP contribution in [-0.2, 0) is 0 Å². The van der Waals surface area contributed by atoms with Crippen LogP contribution in [0.2, 0.25) is 0 Å². The van der Waals surface area contributed by atoms with Crippen molar-refractivity contribution in [2.45, 2.75) is 59.9 Å². The van der Waals surface area contributed by atoms with Crippen LogP contribution in [0, 0.1) is 5.41 Å². The molecule has 0 heterocycles. The number of urea groups is 1. The summed E-state index contributed by atoms with van der Waals surface area (Å²) in [4.78, 5) is 11.5. The van der Waals surface area contributed by atoms with Crippen LogP contribution < -0.4 is 16.4 Å². The summed E-state index contributed by atoms with van der Waals surface area (Å²) in [6.45, 7) is 14.5. The van der Waals surface area contributed by atoms with Gasteiger partial charge in [-0.25, -0.2) is 4.79 Å². The third-order valence-electron chi connectivity index (χ3n) is 4.46. The van der Waals surface area contributed by atoms with E-state index >= 15 is 0 Å². The second-order valence-corrected chi connectivity index (χ2v) is 6.13. The number of unbranched alkanes of at least 4 members (excludes halogenated alkanes) is 1. The van der Waals surface area contributed by atoms with Crippen LogP contribution in [0.4, 0.5) is 4.79 Å². The molecule has 4 heteroatoms. The summed E-state index contributed by atoms with van der Waals surface area (Å²) in [6, 6.07) is -0.0522. The number of nitrogens with one attached hydrogen (secondary N) is 2. The van der Waals surface area contributed by atoms with Crippen LogP contribution in [-0.4, -0.2) is 26.2 Å². The first-order valence-corrected chi connectivity index (χ1v) is 8.27. The Hall–Kier alpha value is -1.55. The molecule has 0 rings (SSSR count). The zero-order valence-electron chi connectivity index (χ0n) is 16.1. The third kappa shape index (κ3) is 9.24. The number of allylic oxidation sites excluding steroid dienone is 4. The van der Waals surface area contributed by atoms with Gasteiger partial charge in [0.15, 0.2) is 0 Å². The van der Waals surface area contributed by atoms with Crippen molar-refractivity contribution in [3.8, 4) is 0 Å². The molecule has 134 valence electrons. The molecular weight excluding hydrogens is 286 g/mol. The maximum atomic E-state index is 11.5. The van der Waals surface area contributed by atoms with Gasteiger partial charge in [-0.05, 0) is 47.1 Å². The minimum atomic E-state index is -0.129. The second kappa shape index (κ2) is 12.9. The number of carbonyl (C=O) groups excluding carboxylic acids is 1. The standard InChI is InChI=1S/C18H32N2O.CH5N/c1-8-9-10-11-12-13-14(2)15(3)18(5,6)16(4)20-17(21)19-7;1-2/h8-10,16H,1,11-13H2,2-7H3,(H2,19,20,21);2H2,1H3/b10-9+,15-14+;. The number of nitrogens with two attached hydrogens (primary N) is 1. The fourth-order valence-electron chi connectivity index (χ4n) is 2.19. The first-order chi connectivity index (χ1) is 10.8. The van der Waals surface area contributed by atoms with Crippen molar-refractivity contribution in [3.63, 3.8) is 0 Å². The minimum absolute atomic E-state index is 0.0620. The number of hydrogen-bond donors (Lipinski definition) is 3. The summed E-state index contributed by atoms with van der Waals surface area (Å²) in [5.74, 6) is 0. The van der Waals surface area contributed by atoms with E-state index in [1.165, 1.54) is 18.2 Å². The van der Waals surface area contributed by atoms with Crippen molar-refractivity contribution in [1.82, 2.24) is 10.6 Å². The highest BCUT2D eigenvalue weighted by atomic mass is 16.2. The number of hydrogen-bond acceptors (Lipinski definition) is 2. The maximum Gasteiger partial charge on any atom is 0.314 e. The monoisotopic (exact) mass is 323 g/mol. The Balaban J connectivity index is 0. The molecule has 4 nitrogen and oxygen atoms in total. The summed E-state index contributed by atoms with van der Waals surface area (Å²) in [6.07, 6.45) is 9.25. The van der Waals surface area contributed by atoms with Gasteiger partial charge in [-0.3, -0.25) is 0 Å². The molecule has 2 amide bonds. The highest BCUT2D eigenvalue weighted by molar-refractivity contribution is 5.73. The van der Waals surface area contributed by atoms with Crippen LogP contribution in [0.25, 0.3) is 0 Å². The number of amides is 2. The lowest BCUT2D eigenvalue weighted by molar-refractivity contribution is 0.228. The van der Waals surface area contributed by atoms with Gasteiger partial charge in [0.05, 0.1) is 0 Å². The number of carbonyl (C=O) groups is 1. The highest BCUT2D eigenvalue weighted by Crippen LogP contribution is 2.33. The molecule has 0 saturated carbocycles. The normalized spacial score (nSPS) is 13.6. The van der Waals surface area contributed by atoms with E-state index in [0.717, 1.165) is 19.3 Å². The van der Waals surface area contributed by atoms with Gasteiger partial charge in [-0.15, -0.1) is 0 Å². The maximum absolute atomic E-state index is 11.5. The summed E-state index contributed by atoms with van der Waals surface area (Å²) < 4.78 is 0. The average molecular weight is 324 g/mol. The molecule has 0 aliphatic heterocycles. The van der Waals surface area contributed by atoms with Gasteiger partial charge in [0.2, 0.25) is 0 Å². The van der Waals surface area contributed by atoms with Gasteiger partial charge < -0.3 is 16.4 Å². The Morgan fingerprint density at radius 3 is 2.35 bits per heavy atom. The van der Waals surface area contributed by atoms with Crippen LogP contribution >= 0.6 is 0 Å². The largest absolute Gasteiger partial charge is 0.341 e. The van der Waals surface area contributed by atoms with E-state index in [0.29, 0.717) is 0 Å². The molecule has 23 heavy (non-hydrogen) atoms. The highest BCUT2D eigenvalue weighted by Gasteiger charge is 2.29. The van der Waals surface area contributed by atoms with Gasteiger partial charge in [0.25, 0.3) is 0 Å². The van der Waals surface area contributed by atoms with Crippen LogP contribution in [0.1, 0.15) is 53.9 Å². The molecule has 4 N–H and O–H groups in total. The molecule has 0 saturated heterocycles. The predicted octanol–water partition coefficient (Wildman–Crippen LogP) is 4.15. The lowest BCUT2D eigenvalue weighted by Crippen LogP contribution is -2.47. The molecule has 1 atom stereocenters. The third-order valence-corrected chi connectivity index (χ3v) is 4.46. The van der Waals surface area contributed by atoms with E-state index in [1.807, 2.05) is 12.2 Å². The Morgan fingerprint density at radius 2 is 1.87 bits per heavy atom. The van der Waals surface area contributed by atoms with Crippen LogP contribution in [0.15, 0.2) is 36.0 Å². The first kappa shape index (κ1) is 23.7. The van der Waals surface area contributed by atoms with E-state index in [9.17, 15) is 4.79 Å². The van der Waals surface area contributed by atoms with E-state index in [4.69, 9.17) is 0 Å². The molecule has 0 radical (unpaired) electrons. The molecule has 0 fully saturated rings. The minimum Gasteiger partial charge on any atom is -0.341 e. The van der Waals surface area contributed by atoms with Crippen molar-refractivity contribution in [3.05, 3.63) is 36.0 Å². The molecule has 0 aromatic carbocycles. The van der Waals surface area contributed by atoms with Crippen LogP contribution in [0.5, 0.6) is 0 Å². The van der Waals surface area contributed by atoms with Gasteiger partial charge >= 0.3 is 6.03 Å². The van der Waals surface area contributed by atoms with Crippen molar-refractivity contribution < 1.29 is 4.79 Å². The van der Waals surface area contributed by atoms with Crippen molar-refractivity contribution in [1.29, 1.82) is 0 Å². The molecule has 0 bridgehead atoms. The second-order valence-electron chi connectivity index (χ2n) is 6.13. The van der Waals surface area contributed by atoms with E-state index in [-0.39, 0.29) is 17.5 Å². The summed E-state index contributed by atoms with van der Waals surface area (Å²) in [7, 11) is 3.14. The molecule has 0 aliphatic carbocycles. The fraction of sp³-hybridized carbons (Fsp3) is 0.632. The molecule has 0 aromatic heterocycles. The summed E-state index contributed by atoms with van der Waals surface area (Å²) >= 11 is 0. The fourth-order valence-corrected chi connectivity index (χ4v) is 2.19. The Labute approximate surface area is 143 Å². The Bertz CT molecular complexity index is 409. The van der Waals surface area contributed by atoms with Crippen molar-refractivity contribution in [2.24, 2.45) is 11.1 Å². The lowest BCUT2D eigenvalue weighted by Gasteiger charge is -2.35. The number of rotatable bonds is 8. The molecule has 0 aliphatic rings. The molecular formula is C19H37N3O. The molecule has 0 spiro atoms. The molecule has 1 unspecified atom stereocenters. The first-order valence-electron chi connectivity index (χ1n) is 8.27. The predicted molar refractivity (Wildman–Crippen MR) is 103 cm³/mol. The quantitative estimate of drug-likeness (QED) is 0.357. The van der Waals surface area contributed by atoms with E-state index in [2.05, 4.69) is 63.6 Å². The van der Waals surface area contributed by atoms with Crippen molar-refractivity contribution >= 4 is 6.03 Å². The summed E-state index contributed by atoms with van der Waals surface area (Å²) in [5, 5.41) is 5.59. The molecule has 0 aromatic rings. The SMILES string of the molecule is C=C/C=C/CCC/C(C)=C(\C)C(C)(C)C(C)NC(=O)NC.CN. The summed E-state index contributed by atoms with van der Waals surface area (Å²) in [5.41, 5.74) is 7.21. The van der Waals surface area contributed by atoms with Gasteiger partial charge in [0, 0.05) is 18.5 Å². The van der Waals surface area contributed by atoms with E-state index in [1.54, 1.807) is 7.05 Å².